The lowest BCUT2D eigenvalue weighted by Gasteiger charge is -2.11. The molecule has 82 valence electrons. The fourth-order valence-electron chi connectivity index (χ4n) is 1.38. The van der Waals surface area contributed by atoms with Crippen molar-refractivity contribution in [3.63, 3.8) is 0 Å². The Labute approximate surface area is 93.2 Å². The van der Waals surface area contributed by atoms with E-state index in [0.29, 0.717) is 6.42 Å². The van der Waals surface area contributed by atoms with Gasteiger partial charge in [-0.2, -0.15) is 0 Å². The first kappa shape index (κ1) is 12.1. The van der Waals surface area contributed by atoms with Gasteiger partial charge in [-0.15, -0.1) is 0 Å². The highest BCUT2D eigenvalue weighted by molar-refractivity contribution is 7.86. The summed E-state index contributed by atoms with van der Waals surface area (Å²) >= 11 is 0. The number of Topliss-reactive ketones (excluding diaryl/α,β-unsaturated/α-hetero) is 1. The molecule has 0 amide bonds. The van der Waals surface area contributed by atoms with Crippen molar-refractivity contribution in [2.24, 2.45) is 0 Å². The molecule has 0 aliphatic rings. The lowest BCUT2D eigenvalue weighted by Crippen LogP contribution is -2.22. The quantitative estimate of drug-likeness (QED) is 0.787. The van der Waals surface area contributed by atoms with E-state index in [9.17, 15) is 9.00 Å². The summed E-state index contributed by atoms with van der Waals surface area (Å²) in [6.07, 6.45) is 0.443. The molecule has 0 aromatic heterocycles. The maximum Gasteiger partial charge on any atom is 0.148 e. The number of carbonyl (C=O) groups is 1. The van der Waals surface area contributed by atoms with Gasteiger partial charge in [0.1, 0.15) is 5.78 Å². The first-order chi connectivity index (χ1) is 7.07. The Morgan fingerprint density at radius 2 is 2.00 bits per heavy atom. The molecule has 1 aromatic rings. The molecule has 15 heavy (non-hydrogen) atoms. The first-order valence-corrected chi connectivity index (χ1v) is 6.28. The third-order valence-electron chi connectivity index (χ3n) is 2.43. The Bertz CT molecular complexity index is 385. The molecule has 0 spiro atoms. The fraction of sp³-hybridized carbons (Fsp3) is 0.417. The minimum absolute atomic E-state index is 0.0524. The van der Waals surface area contributed by atoms with Crippen LogP contribution in [0.5, 0.6) is 0 Å². The van der Waals surface area contributed by atoms with E-state index in [2.05, 4.69) is 0 Å². The van der Waals surface area contributed by atoms with E-state index in [-0.39, 0.29) is 5.78 Å². The van der Waals surface area contributed by atoms with Gasteiger partial charge in [0.2, 0.25) is 0 Å². The second kappa shape index (κ2) is 5.21. The van der Waals surface area contributed by atoms with Crippen LogP contribution in [0.25, 0.3) is 0 Å². The molecule has 0 fully saturated rings. The summed E-state index contributed by atoms with van der Waals surface area (Å²) in [6.45, 7) is 5.44. The van der Waals surface area contributed by atoms with Crippen LogP contribution in [0.2, 0.25) is 0 Å². The summed E-state index contributed by atoms with van der Waals surface area (Å²) in [7, 11) is -1.22. The van der Waals surface area contributed by atoms with Gasteiger partial charge in [-0.1, -0.05) is 25.1 Å². The Balaban J connectivity index is 2.95. The molecule has 0 N–H and O–H groups in total. The van der Waals surface area contributed by atoms with Crippen molar-refractivity contribution in [2.75, 3.05) is 0 Å². The first-order valence-electron chi connectivity index (χ1n) is 5.06. The van der Waals surface area contributed by atoms with Gasteiger partial charge in [0.05, 0.1) is 16.0 Å². The number of aryl methyl sites for hydroxylation is 1. The predicted octanol–water partition coefficient (Wildman–Crippen LogP) is 2.47. The average Bonchev–Trinajstić information content (AvgIpc) is 2.26. The summed E-state index contributed by atoms with van der Waals surface area (Å²) < 4.78 is 12.1. The summed E-state index contributed by atoms with van der Waals surface area (Å²) in [5.74, 6) is 0.0524. The SMILES string of the molecule is CCC(=O)C(C)S(=O)c1ccccc1C. The van der Waals surface area contributed by atoms with Crippen LogP contribution < -0.4 is 0 Å². The molecule has 0 radical (unpaired) electrons. The Hall–Kier alpha value is -0.960. The number of hydrogen-bond donors (Lipinski definition) is 0. The third-order valence-corrected chi connectivity index (χ3v) is 4.23. The molecule has 3 heteroatoms. The van der Waals surface area contributed by atoms with Crippen molar-refractivity contribution in [3.05, 3.63) is 29.8 Å². The smallest absolute Gasteiger partial charge is 0.148 e. The van der Waals surface area contributed by atoms with Crippen molar-refractivity contribution in [1.29, 1.82) is 0 Å². The third kappa shape index (κ3) is 2.75. The lowest BCUT2D eigenvalue weighted by atomic mass is 10.2. The zero-order valence-corrected chi connectivity index (χ0v) is 10.1. The van der Waals surface area contributed by atoms with E-state index in [1.807, 2.05) is 31.2 Å². The van der Waals surface area contributed by atoms with Crippen LogP contribution in [0.1, 0.15) is 25.8 Å². The van der Waals surface area contributed by atoms with E-state index in [4.69, 9.17) is 0 Å². The highest BCUT2D eigenvalue weighted by Gasteiger charge is 2.20. The van der Waals surface area contributed by atoms with Gasteiger partial charge in [0.15, 0.2) is 0 Å². The molecule has 0 bridgehead atoms. The predicted molar refractivity (Wildman–Crippen MR) is 62.3 cm³/mol. The number of rotatable bonds is 4. The van der Waals surface area contributed by atoms with E-state index < -0.39 is 16.0 Å². The molecule has 2 atom stereocenters. The van der Waals surface area contributed by atoms with Gasteiger partial charge in [-0.05, 0) is 25.5 Å². The molecule has 2 nitrogen and oxygen atoms in total. The zero-order chi connectivity index (χ0) is 11.4. The summed E-state index contributed by atoms with van der Waals surface area (Å²) in [5, 5.41) is -0.406. The molecule has 2 unspecified atom stereocenters. The number of hydrogen-bond acceptors (Lipinski definition) is 2. The van der Waals surface area contributed by atoms with E-state index in [0.717, 1.165) is 10.5 Å². The second-order valence-electron chi connectivity index (χ2n) is 3.53. The van der Waals surface area contributed by atoms with Crippen LogP contribution in [-0.4, -0.2) is 15.2 Å². The minimum Gasteiger partial charge on any atom is -0.298 e. The molecule has 0 aliphatic heterocycles. The van der Waals surface area contributed by atoms with Gasteiger partial charge in [0, 0.05) is 11.3 Å². The van der Waals surface area contributed by atoms with Crippen molar-refractivity contribution in [3.8, 4) is 0 Å². The van der Waals surface area contributed by atoms with Crippen LogP contribution in [0.4, 0.5) is 0 Å². The van der Waals surface area contributed by atoms with Gasteiger partial charge in [0.25, 0.3) is 0 Å². The lowest BCUT2D eigenvalue weighted by molar-refractivity contribution is -0.118. The van der Waals surface area contributed by atoms with Gasteiger partial charge >= 0.3 is 0 Å². The Morgan fingerprint density at radius 1 is 1.40 bits per heavy atom. The van der Waals surface area contributed by atoms with Crippen LogP contribution in [-0.2, 0) is 15.6 Å². The normalized spacial score (nSPS) is 14.6. The molecule has 0 saturated heterocycles. The Kier molecular flexibility index (Phi) is 4.21. The van der Waals surface area contributed by atoms with Crippen LogP contribution in [0, 0.1) is 6.92 Å². The largest absolute Gasteiger partial charge is 0.298 e. The molecular formula is C12H16O2S. The monoisotopic (exact) mass is 224 g/mol. The fourth-order valence-corrected chi connectivity index (χ4v) is 2.76. The van der Waals surface area contributed by atoms with E-state index in [1.54, 1.807) is 13.8 Å². The molecule has 1 rings (SSSR count). The number of benzene rings is 1. The second-order valence-corrected chi connectivity index (χ2v) is 5.27. The highest BCUT2D eigenvalue weighted by Crippen LogP contribution is 2.16. The van der Waals surface area contributed by atoms with Crippen molar-refractivity contribution in [2.45, 2.75) is 37.3 Å². The number of carbonyl (C=O) groups excluding carboxylic acids is 1. The average molecular weight is 224 g/mol. The standard InChI is InChI=1S/C12H16O2S/c1-4-11(13)10(3)15(14)12-8-6-5-7-9(12)2/h5-8,10H,4H2,1-3H3. The zero-order valence-electron chi connectivity index (χ0n) is 9.32. The van der Waals surface area contributed by atoms with Crippen LogP contribution in [0.15, 0.2) is 29.2 Å². The van der Waals surface area contributed by atoms with E-state index >= 15 is 0 Å². The summed E-state index contributed by atoms with van der Waals surface area (Å²) in [4.78, 5) is 12.2. The van der Waals surface area contributed by atoms with Crippen molar-refractivity contribution in [1.82, 2.24) is 0 Å². The van der Waals surface area contributed by atoms with Crippen molar-refractivity contribution < 1.29 is 9.00 Å². The molecule has 0 saturated carbocycles. The van der Waals surface area contributed by atoms with Gasteiger partial charge < -0.3 is 0 Å². The minimum atomic E-state index is -1.22. The van der Waals surface area contributed by atoms with Crippen molar-refractivity contribution >= 4 is 16.6 Å². The van der Waals surface area contributed by atoms with Crippen LogP contribution >= 0.6 is 0 Å². The maximum absolute atomic E-state index is 12.1. The highest BCUT2D eigenvalue weighted by atomic mass is 32.2. The topological polar surface area (TPSA) is 34.1 Å². The molecule has 1 aromatic carbocycles. The maximum atomic E-state index is 12.1. The summed E-state index contributed by atoms with van der Waals surface area (Å²) in [5.41, 5.74) is 0.978. The van der Waals surface area contributed by atoms with Gasteiger partial charge in [-0.3, -0.25) is 9.00 Å². The van der Waals surface area contributed by atoms with E-state index in [1.165, 1.54) is 0 Å². The molecular weight excluding hydrogens is 208 g/mol. The molecule has 0 heterocycles. The van der Waals surface area contributed by atoms with Gasteiger partial charge in [-0.25, -0.2) is 0 Å². The summed E-state index contributed by atoms with van der Waals surface area (Å²) in [6, 6.07) is 7.49. The molecule has 0 aliphatic carbocycles. The van der Waals surface area contributed by atoms with Crippen LogP contribution in [0.3, 0.4) is 0 Å². The Morgan fingerprint density at radius 3 is 2.53 bits per heavy atom. The number of ketones is 1.